The number of hydrogen-bond donors (Lipinski definition) is 4. The number of anilines is 1. The van der Waals surface area contributed by atoms with Crippen molar-refractivity contribution in [2.24, 2.45) is 7.05 Å². The van der Waals surface area contributed by atoms with Crippen LogP contribution in [0.25, 0.3) is 22.0 Å². The number of fused-ring (bicyclic) bond motifs is 1. The Bertz CT molecular complexity index is 1720. The number of pyridine rings is 1. The van der Waals surface area contributed by atoms with Crippen LogP contribution in [0.15, 0.2) is 53.5 Å². The molecule has 0 unspecified atom stereocenters. The summed E-state index contributed by atoms with van der Waals surface area (Å²) in [6, 6.07) is 8.49. The van der Waals surface area contributed by atoms with Gasteiger partial charge in [-0.2, -0.15) is 0 Å². The van der Waals surface area contributed by atoms with E-state index in [0.29, 0.717) is 40.3 Å². The first-order valence-electron chi connectivity index (χ1n) is 12.0. The molecule has 4 aromatic rings. The molecule has 39 heavy (non-hydrogen) atoms. The molecule has 0 fully saturated rings. The van der Waals surface area contributed by atoms with Gasteiger partial charge in [0.05, 0.1) is 23.2 Å². The Labute approximate surface area is 223 Å². The van der Waals surface area contributed by atoms with Gasteiger partial charge in [-0.3, -0.25) is 9.52 Å². The largest absolute Gasteiger partial charge is 0.454 e. The molecule has 10 nitrogen and oxygen atoms in total. The average Bonchev–Trinajstić information content (AvgIpc) is 3.32. The second-order valence-corrected chi connectivity index (χ2v) is 10.7. The van der Waals surface area contributed by atoms with Crippen molar-refractivity contribution in [2.75, 3.05) is 17.0 Å². The SMILES string of the molecule is CCNC(=O)NCc1cc2c(=O)n(C)cc(-c3cc(NS(=O)(=O)CC)ccc3Oc3ccc(F)cc3F)c2[nH]1. The molecule has 0 radical (unpaired) electrons. The van der Waals surface area contributed by atoms with Gasteiger partial charge in [-0.25, -0.2) is 22.0 Å². The Morgan fingerprint density at radius 2 is 1.77 bits per heavy atom. The summed E-state index contributed by atoms with van der Waals surface area (Å²) in [4.78, 5) is 27.9. The van der Waals surface area contributed by atoms with E-state index >= 15 is 0 Å². The minimum atomic E-state index is -3.63. The van der Waals surface area contributed by atoms with E-state index in [0.717, 1.165) is 12.1 Å². The smallest absolute Gasteiger partial charge is 0.315 e. The van der Waals surface area contributed by atoms with Crippen molar-refractivity contribution in [1.29, 1.82) is 0 Å². The molecule has 0 saturated heterocycles. The lowest BCUT2D eigenvalue weighted by Gasteiger charge is -2.16. The van der Waals surface area contributed by atoms with E-state index in [-0.39, 0.29) is 41.1 Å². The fourth-order valence-corrected chi connectivity index (χ4v) is 4.55. The van der Waals surface area contributed by atoms with Crippen LogP contribution in [0.1, 0.15) is 19.5 Å². The summed E-state index contributed by atoms with van der Waals surface area (Å²) in [5, 5.41) is 5.61. The zero-order valence-corrected chi connectivity index (χ0v) is 22.2. The van der Waals surface area contributed by atoms with Gasteiger partial charge in [0.25, 0.3) is 5.56 Å². The number of nitrogens with one attached hydrogen (secondary N) is 4. The molecule has 4 rings (SSSR count). The number of H-pyrrole nitrogens is 1. The van der Waals surface area contributed by atoms with Gasteiger partial charge >= 0.3 is 6.03 Å². The number of benzene rings is 2. The molecule has 4 N–H and O–H groups in total. The maximum atomic E-state index is 14.4. The van der Waals surface area contributed by atoms with Gasteiger partial charge in [-0.15, -0.1) is 0 Å². The molecule has 2 heterocycles. The lowest BCUT2D eigenvalue weighted by atomic mass is 10.0. The van der Waals surface area contributed by atoms with Gasteiger partial charge < -0.3 is 24.9 Å². The molecule has 2 aromatic heterocycles. The lowest BCUT2D eigenvalue weighted by molar-refractivity contribution is 0.241. The van der Waals surface area contributed by atoms with Crippen molar-refractivity contribution < 1.29 is 26.7 Å². The maximum absolute atomic E-state index is 14.4. The van der Waals surface area contributed by atoms with Crippen molar-refractivity contribution in [3.8, 4) is 22.6 Å². The Kier molecular flexibility index (Phi) is 7.90. The molecule has 0 bridgehead atoms. The Morgan fingerprint density at radius 3 is 2.46 bits per heavy atom. The fraction of sp³-hybridized carbons (Fsp3) is 0.231. The predicted molar refractivity (Wildman–Crippen MR) is 144 cm³/mol. The quantitative estimate of drug-likeness (QED) is 0.244. The molecule has 2 aromatic carbocycles. The van der Waals surface area contributed by atoms with E-state index < -0.39 is 21.7 Å². The fourth-order valence-electron chi connectivity index (χ4n) is 3.92. The van der Waals surface area contributed by atoms with Crippen LogP contribution in [-0.2, 0) is 23.6 Å². The van der Waals surface area contributed by atoms with Crippen LogP contribution in [0.3, 0.4) is 0 Å². The van der Waals surface area contributed by atoms with Crippen LogP contribution in [0.5, 0.6) is 11.5 Å². The maximum Gasteiger partial charge on any atom is 0.315 e. The molecule has 2 amide bonds. The highest BCUT2D eigenvalue weighted by Crippen LogP contribution is 2.39. The molecule has 206 valence electrons. The summed E-state index contributed by atoms with van der Waals surface area (Å²) >= 11 is 0. The summed E-state index contributed by atoms with van der Waals surface area (Å²) in [6.45, 7) is 3.82. The molecular formula is C26H27F2N5O5S. The summed E-state index contributed by atoms with van der Waals surface area (Å²) in [6.07, 6.45) is 1.53. The minimum absolute atomic E-state index is 0.101. The van der Waals surface area contributed by atoms with Crippen LogP contribution in [0.4, 0.5) is 19.3 Å². The molecule has 13 heteroatoms. The summed E-state index contributed by atoms with van der Waals surface area (Å²) in [7, 11) is -2.08. The Morgan fingerprint density at radius 1 is 1.03 bits per heavy atom. The van der Waals surface area contributed by atoms with Crippen molar-refractivity contribution in [3.63, 3.8) is 0 Å². The number of ether oxygens (including phenoxy) is 1. The summed E-state index contributed by atoms with van der Waals surface area (Å²) in [5.41, 5.74) is 1.59. The van der Waals surface area contributed by atoms with Crippen LogP contribution in [0.2, 0.25) is 0 Å². The number of aromatic amines is 1. The molecule has 0 aliphatic carbocycles. The number of hydrogen-bond acceptors (Lipinski definition) is 5. The van der Waals surface area contributed by atoms with Gasteiger partial charge in [0.15, 0.2) is 11.6 Å². The number of nitrogens with zero attached hydrogens (tertiary/aromatic N) is 1. The van der Waals surface area contributed by atoms with Crippen molar-refractivity contribution in [3.05, 3.63) is 76.3 Å². The zero-order chi connectivity index (χ0) is 28.3. The van der Waals surface area contributed by atoms with Crippen molar-refractivity contribution >= 4 is 32.6 Å². The number of aromatic nitrogens is 2. The summed E-state index contributed by atoms with van der Waals surface area (Å²) in [5.74, 6) is -2.00. The minimum Gasteiger partial charge on any atom is -0.454 e. The van der Waals surface area contributed by atoms with Crippen molar-refractivity contribution in [1.82, 2.24) is 20.2 Å². The van der Waals surface area contributed by atoms with E-state index in [4.69, 9.17) is 4.74 Å². The number of carbonyl (C=O) groups excluding carboxylic acids is 1. The second-order valence-electron chi connectivity index (χ2n) is 8.65. The van der Waals surface area contributed by atoms with E-state index in [1.54, 1.807) is 20.0 Å². The molecule has 0 spiro atoms. The van der Waals surface area contributed by atoms with E-state index in [1.807, 2.05) is 0 Å². The highest BCUT2D eigenvalue weighted by molar-refractivity contribution is 7.92. The predicted octanol–water partition coefficient (Wildman–Crippen LogP) is 4.18. The van der Waals surface area contributed by atoms with Crippen LogP contribution in [-0.4, -0.2) is 36.3 Å². The molecule has 0 aliphatic heterocycles. The molecule has 0 aliphatic rings. The zero-order valence-electron chi connectivity index (χ0n) is 21.4. The topological polar surface area (TPSA) is 134 Å². The number of urea groups is 1. The first-order valence-corrected chi connectivity index (χ1v) is 13.7. The van der Waals surface area contributed by atoms with Gasteiger partial charge in [-0.1, -0.05) is 0 Å². The number of rotatable bonds is 9. The second kappa shape index (κ2) is 11.2. The van der Waals surface area contributed by atoms with E-state index in [9.17, 15) is 26.8 Å². The lowest BCUT2D eigenvalue weighted by Crippen LogP contribution is -2.34. The normalized spacial score (nSPS) is 11.4. The molecular weight excluding hydrogens is 532 g/mol. The van der Waals surface area contributed by atoms with Gasteiger partial charge in [-0.05, 0) is 50.2 Å². The highest BCUT2D eigenvalue weighted by atomic mass is 32.2. The summed E-state index contributed by atoms with van der Waals surface area (Å²) < 4.78 is 62.0. The van der Waals surface area contributed by atoms with Gasteiger partial charge in [0, 0.05) is 48.4 Å². The average molecular weight is 560 g/mol. The molecule has 0 saturated carbocycles. The first-order chi connectivity index (χ1) is 18.5. The highest BCUT2D eigenvalue weighted by Gasteiger charge is 2.19. The monoisotopic (exact) mass is 559 g/mol. The van der Waals surface area contributed by atoms with Crippen LogP contribution in [0, 0.1) is 11.6 Å². The van der Waals surface area contributed by atoms with Gasteiger partial charge in [0.1, 0.15) is 11.6 Å². The molecule has 0 atom stereocenters. The number of aryl methyl sites for hydroxylation is 1. The Hall–Kier alpha value is -4.39. The van der Waals surface area contributed by atoms with Crippen LogP contribution >= 0.6 is 0 Å². The third-order valence-corrected chi connectivity index (χ3v) is 7.14. The van der Waals surface area contributed by atoms with Gasteiger partial charge in [0.2, 0.25) is 10.0 Å². The number of carbonyl (C=O) groups is 1. The Balaban J connectivity index is 1.88. The number of halogens is 2. The van der Waals surface area contributed by atoms with Crippen LogP contribution < -0.4 is 25.7 Å². The first kappa shape index (κ1) is 27.6. The van der Waals surface area contributed by atoms with E-state index in [2.05, 4.69) is 20.3 Å². The third-order valence-electron chi connectivity index (χ3n) is 5.83. The number of sulfonamides is 1. The van der Waals surface area contributed by atoms with Crippen molar-refractivity contribution in [2.45, 2.75) is 20.4 Å². The third kappa shape index (κ3) is 6.20. The standard InChI is InChI=1S/C26H27F2N5O5S/c1-4-29-26(35)30-13-17-12-19-24(31-17)20(14-33(3)25(19)34)18-11-16(32-39(36,37)5-2)7-9-22(18)38-23-8-6-15(27)10-21(23)28/h6-12,14,31-32H,4-5,13H2,1-3H3,(H2,29,30,35). The van der Waals surface area contributed by atoms with E-state index in [1.165, 1.54) is 35.9 Å². The number of amides is 2.